The Morgan fingerprint density at radius 3 is 2.60 bits per heavy atom. The first-order valence-electron chi connectivity index (χ1n) is 9.70. The highest BCUT2D eigenvalue weighted by Crippen LogP contribution is 2.66. The van der Waals surface area contributed by atoms with E-state index < -0.39 is 11.2 Å². The van der Waals surface area contributed by atoms with Gasteiger partial charge in [-0.25, -0.2) is 0 Å². The third-order valence-corrected chi connectivity index (χ3v) is 7.61. The van der Waals surface area contributed by atoms with E-state index in [4.69, 9.17) is 9.47 Å². The first-order valence-corrected chi connectivity index (χ1v) is 9.70. The molecule has 1 spiro atoms. The molecule has 0 aromatic rings. The Morgan fingerprint density at radius 2 is 1.96 bits per heavy atom. The maximum absolute atomic E-state index is 11.9. The molecule has 4 unspecified atom stereocenters. The molecule has 1 aliphatic heterocycles. The van der Waals surface area contributed by atoms with Gasteiger partial charge in [0.05, 0.1) is 31.3 Å². The van der Waals surface area contributed by atoms with E-state index in [1.54, 1.807) is 0 Å². The van der Waals surface area contributed by atoms with Crippen LogP contribution in [0.15, 0.2) is 11.6 Å². The van der Waals surface area contributed by atoms with Crippen LogP contribution in [0.5, 0.6) is 0 Å². The number of aliphatic hydroxyl groups is 1. The molecule has 25 heavy (non-hydrogen) atoms. The summed E-state index contributed by atoms with van der Waals surface area (Å²) < 4.78 is 11.7. The van der Waals surface area contributed by atoms with Crippen molar-refractivity contribution in [3.63, 3.8) is 0 Å². The normalized spacial score (nSPS) is 42.8. The molecule has 0 amide bonds. The van der Waals surface area contributed by atoms with Crippen LogP contribution in [0.25, 0.3) is 0 Å². The predicted molar refractivity (Wildman–Crippen MR) is 97.1 cm³/mol. The van der Waals surface area contributed by atoms with Crippen LogP contribution < -0.4 is 0 Å². The molecule has 2 fully saturated rings. The van der Waals surface area contributed by atoms with E-state index in [0.29, 0.717) is 5.92 Å². The first-order chi connectivity index (χ1) is 11.6. The average molecular weight is 350 g/mol. The summed E-state index contributed by atoms with van der Waals surface area (Å²) in [4.78, 5) is 11.9. The van der Waals surface area contributed by atoms with Crippen molar-refractivity contribution in [2.24, 2.45) is 16.7 Å². The number of aliphatic hydroxyl groups excluding tert-OH is 1. The second kappa shape index (κ2) is 6.09. The number of ether oxygens (including phenoxy) is 2. The van der Waals surface area contributed by atoms with Gasteiger partial charge >= 0.3 is 5.97 Å². The van der Waals surface area contributed by atoms with Crippen molar-refractivity contribution in [3.05, 3.63) is 11.6 Å². The molecule has 4 heteroatoms. The molecule has 0 radical (unpaired) electrons. The summed E-state index contributed by atoms with van der Waals surface area (Å²) in [5.74, 6) is 0.306. The maximum Gasteiger partial charge on any atom is 0.308 e. The van der Waals surface area contributed by atoms with Gasteiger partial charge in [-0.2, -0.15) is 0 Å². The number of fused-ring (bicyclic) bond motifs is 2. The van der Waals surface area contributed by atoms with E-state index in [9.17, 15) is 9.90 Å². The summed E-state index contributed by atoms with van der Waals surface area (Å²) in [5, 5.41) is 10.1. The van der Waals surface area contributed by atoms with Crippen molar-refractivity contribution in [2.75, 3.05) is 13.7 Å². The summed E-state index contributed by atoms with van der Waals surface area (Å²) in [6.45, 7) is 9.18. The molecule has 142 valence electrons. The van der Waals surface area contributed by atoms with E-state index in [-0.39, 0.29) is 29.8 Å². The van der Waals surface area contributed by atoms with Gasteiger partial charge < -0.3 is 14.6 Å². The van der Waals surface area contributed by atoms with Crippen molar-refractivity contribution in [1.82, 2.24) is 0 Å². The largest absolute Gasteiger partial charge is 0.469 e. The Hall–Kier alpha value is -0.870. The smallest absolute Gasteiger partial charge is 0.308 e. The van der Waals surface area contributed by atoms with Crippen LogP contribution in [0.3, 0.4) is 0 Å². The first kappa shape index (κ1) is 18.9. The molecule has 3 aliphatic rings. The van der Waals surface area contributed by atoms with E-state index in [1.807, 2.05) is 6.92 Å². The number of hydrogen-bond acceptors (Lipinski definition) is 4. The summed E-state index contributed by atoms with van der Waals surface area (Å²) in [5.41, 5.74) is 0.314. The minimum Gasteiger partial charge on any atom is -0.469 e. The molecule has 1 N–H and O–H groups in total. The Kier molecular flexibility index (Phi) is 4.61. The molecule has 3 rings (SSSR count). The molecule has 0 aromatic heterocycles. The highest BCUT2D eigenvalue weighted by Gasteiger charge is 2.65. The Balaban J connectivity index is 2.01. The highest BCUT2D eigenvalue weighted by atomic mass is 16.5. The number of esters is 1. The molecule has 0 aromatic carbocycles. The lowest BCUT2D eigenvalue weighted by atomic mass is 9.46. The zero-order valence-electron chi connectivity index (χ0n) is 16.5. The lowest BCUT2D eigenvalue weighted by Crippen LogP contribution is -2.60. The summed E-state index contributed by atoms with van der Waals surface area (Å²) in [6.07, 6.45) is 8.75. The molecule has 1 saturated heterocycles. The van der Waals surface area contributed by atoms with Crippen LogP contribution >= 0.6 is 0 Å². The molecular weight excluding hydrogens is 316 g/mol. The zero-order chi connectivity index (χ0) is 18.5. The van der Waals surface area contributed by atoms with Gasteiger partial charge in [0.15, 0.2) is 0 Å². The fourth-order valence-electron chi connectivity index (χ4n) is 6.26. The van der Waals surface area contributed by atoms with E-state index in [1.165, 1.54) is 20.0 Å². The quantitative estimate of drug-likeness (QED) is 0.617. The van der Waals surface area contributed by atoms with Crippen LogP contribution in [0.4, 0.5) is 0 Å². The van der Waals surface area contributed by atoms with E-state index in [2.05, 4.69) is 26.8 Å². The Morgan fingerprint density at radius 1 is 1.24 bits per heavy atom. The molecule has 2 aliphatic carbocycles. The highest BCUT2D eigenvalue weighted by molar-refractivity contribution is 5.70. The van der Waals surface area contributed by atoms with Gasteiger partial charge in [0.2, 0.25) is 0 Å². The lowest BCUT2D eigenvalue weighted by molar-refractivity contribution is -0.195. The molecule has 0 bridgehead atoms. The van der Waals surface area contributed by atoms with Crippen LogP contribution in [-0.2, 0) is 14.3 Å². The van der Waals surface area contributed by atoms with Crippen molar-refractivity contribution < 1.29 is 19.4 Å². The summed E-state index contributed by atoms with van der Waals surface area (Å²) in [7, 11) is 1.43. The fourth-order valence-corrected chi connectivity index (χ4v) is 6.26. The summed E-state index contributed by atoms with van der Waals surface area (Å²) >= 11 is 0. The second-order valence-corrected chi connectivity index (χ2v) is 9.57. The predicted octanol–water partition coefficient (Wildman–Crippen LogP) is 4.01. The van der Waals surface area contributed by atoms with Gasteiger partial charge in [-0.05, 0) is 55.9 Å². The molecular formula is C21H34O4. The van der Waals surface area contributed by atoms with Gasteiger partial charge in [-0.1, -0.05) is 33.3 Å². The fraction of sp³-hybridized carbons (Fsp3) is 0.857. The second-order valence-electron chi connectivity index (χ2n) is 9.57. The van der Waals surface area contributed by atoms with Crippen molar-refractivity contribution >= 4 is 5.97 Å². The van der Waals surface area contributed by atoms with Crippen LogP contribution in [0, 0.1) is 16.7 Å². The standard InChI is InChI=1S/C21H34O4/c1-18(2)9-6-10-20(4)16(18)8-7-15(14-22)21(20)12-11-19(3,25-21)13-17(23)24-5/h7,16,22H,6,8-14H2,1-5H3. The van der Waals surface area contributed by atoms with Crippen LogP contribution in [0.1, 0.15) is 72.6 Å². The molecule has 1 saturated carbocycles. The van der Waals surface area contributed by atoms with Gasteiger partial charge in [0.25, 0.3) is 0 Å². The number of carbonyl (C=O) groups excluding carboxylic acids is 1. The minimum atomic E-state index is -0.520. The average Bonchev–Trinajstić information content (AvgIpc) is 2.88. The van der Waals surface area contributed by atoms with Gasteiger partial charge in [-0.3, -0.25) is 4.79 Å². The van der Waals surface area contributed by atoms with E-state index >= 15 is 0 Å². The SMILES string of the molecule is COC(=O)CC1(C)CCC2(O1)C(CO)=CCC1C(C)(C)CCCC12C. The maximum atomic E-state index is 11.9. The van der Waals surface area contributed by atoms with Crippen LogP contribution in [-0.4, -0.2) is 36.0 Å². The van der Waals surface area contributed by atoms with Crippen molar-refractivity contribution in [2.45, 2.75) is 83.8 Å². The zero-order valence-corrected chi connectivity index (χ0v) is 16.5. The Bertz CT molecular complexity index is 580. The third-order valence-electron chi connectivity index (χ3n) is 7.61. The van der Waals surface area contributed by atoms with Gasteiger partial charge in [-0.15, -0.1) is 0 Å². The van der Waals surface area contributed by atoms with E-state index in [0.717, 1.165) is 31.3 Å². The van der Waals surface area contributed by atoms with Gasteiger partial charge in [0, 0.05) is 5.41 Å². The topological polar surface area (TPSA) is 55.8 Å². The minimum absolute atomic E-state index is 0.00452. The lowest BCUT2D eigenvalue weighted by Gasteiger charge is -2.61. The van der Waals surface area contributed by atoms with Gasteiger partial charge in [0.1, 0.15) is 0 Å². The monoisotopic (exact) mass is 350 g/mol. The third kappa shape index (κ3) is 2.76. The number of carbonyl (C=O) groups is 1. The van der Waals surface area contributed by atoms with Crippen LogP contribution in [0.2, 0.25) is 0 Å². The molecule has 4 nitrogen and oxygen atoms in total. The van der Waals surface area contributed by atoms with Crippen molar-refractivity contribution in [3.8, 4) is 0 Å². The summed E-state index contributed by atoms with van der Waals surface area (Å²) in [6, 6.07) is 0. The Labute approximate surface area is 152 Å². The number of rotatable bonds is 3. The number of hydrogen-bond donors (Lipinski definition) is 1. The molecule has 1 heterocycles. The van der Waals surface area contributed by atoms with Crippen molar-refractivity contribution in [1.29, 1.82) is 0 Å². The number of methoxy groups -OCH3 is 1. The molecule has 4 atom stereocenters. The number of allylic oxidation sites excluding steroid dienone is 1.